The van der Waals surface area contributed by atoms with E-state index in [9.17, 15) is 4.79 Å². The maximum Gasteiger partial charge on any atom is 0.347 e. The average Bonchev–Trinajstić information content (AvgIpc) is 2.48. The molecule has 5 heteroatoms. The molecule has 110 valence electrons. The Labute approximate surface area is 137 Å². The zero-order valence-corrected chi connectivity index (χ0v) is 13.7. The van der Waals surface area contributed by atoms with E-state index in [-0.39, 0.29) is 6.61 Å². The van der Waals surface area contributed by atoms with Crippen LogP contribution < -0.4 is 4.74 Å². The molecule has 2 aromatic carbocycles. The van der Waals surface area contributed by atoms with Gasteiger partial charge in [0.1, 0.15) is 12.4 Å². The lowest BCUT2D eigenvalue weighted by atomic mass is 10.2. The molecule has 0 aromatic heterocycles. The summed E-state index contributed by atoms with van der Waals surface area (Å²) in [5.41, 5.74) is 0.922. The van der Waals surface area contributed by atoms with E-state index in [4.69, 9.17) is 21.1 Å². The molecule has 0 spiro atoms. The smallest absolute Gasteiger partial charge is 0.347 e. The van der Waals surface area contributed by atoms with E-state index in [1.54, 1.807) is 31.2 Å². The van der Waals surface area contributed by atoms with Gasteiger partial charge in [-0.3, -0.25) is 0 Å². The van der Waals surface area contributed by atoms with Crippen LogP contribution in [0.25, 0.3) is 0 Å². The molecule has 2 rings (SSSR count). The number of esters is 1. The summed E-state index contributed by atoms with van der Waals surface area (Å²) in [6, 6.07) is 14.4. The van der Waals surface area contributed by atoms with E-state index in [1.807, 2.05) is 24.3 Å². The van der Waals surface area contributed by atoms with Crippen molar-refractivity contribution in [1.82, 2.24) is 0 Å². The second-order valence-corrected chi connectivity index (χ2v) is 5.80. The van der Waals surface area contributed by atoms with Gasteiger partial charge in [-0.2, -0.15) is 0 Å². The molecule has 0 N–H and O–H groups in total. The van der Waals surface area contributed by atoms with Crippen molar-refractivity contribution in [2.75, 3.05) is 0 Å². The first-order valence-corrected chi connectivity index (χ1v) is 7.55. The highest BCUT2D eigenvalue weighted by molar-refractivity contribution is 9.10. The fourth-order valence-corrected chi connectivity index (χ4v) is 2.01. The summed E-state index contributed by atoms with van der Waals surface area (Å²) >= 11 is 9.14. The van der Waals surface area contributed by atoms with Crippen LogP contribution in [0.3, 0.4) is 0 Å². The summed E-state index contributed by atoms with van der Waals surface area (Å²) in [4.78, 5) is 11.9. The van der Waals surface area contributed by atoms with Gasteiger partial charge in [-0.25, -0.2) is 4.79 Å². The zero-order valence-electron chi connectivity index (χ0n) is 11.4. The van der Waals surface area contributed by atoms with E-state index in [2.05, 4.69) is 15.9 Å². The molecule has 0 bridgehead atoms. The van der Waals surface area contributed by atoms with Crippen molar-refractivity contribution in [2.24, 2.45) is 0 Å². The lowest BCUT2D eigenvalue weighted by Gasteiger charge is -2.14. The van der Waals surface area contributed by atoms with Gasteiger partial charge in [0, 0.05) is 9.50 Å². The standard InChI is InChI=1S/C16H14BrClO3/c1-11(21-15-8-6-14(18)7-9-15)16(19)20-10-12-2-4-13(17)5-3-12/h2-9,11H,10H2,1H3/t11-/m0/s1. The van der Waals surface area contributed by atoms with Crippen molar-refractivity contribution in [2.45, 2.75) is 19.6 Å². The van der Waals surface area contributed by atoms with Crippen LogP contribution in [0.1, 0.15) is 12.5 Å². The van der Waals surface area contributed by atoms with E-state index in [1.165, 1.54) is 0 Å². The fourth-order valence-electron chi connectivity index (χ4n) is 1.62. The van der Waals surface area contributed by atoms with Gasteiger partial charge in [-0.15, -0.1) is 0 Å². The van der Waals surface area contributed by atoms with E-state index < -0.39 is 12.1 Å². The Kier molecular flexibility index (Phi) is 5.65. The van der Waals surface area contributed by atoms with Crippen LogP contribution in [0.15, 0.2) is 53.0 Å². The third-order valence-corrected chi connectivity index (χ3v) is 3.53. The fraction of sp³-hybridized carbons (Fsp3) is 0.188. The van der Waals surface area contributed by atoms with Crippen LogP contribution in [0.4, 0.5) is 0 Å². The Balaban J connectivity index is 1.84. The number of ether oxygens (including phenoxy) is 2. The number of halogens is 2. The van der Waals surface area contributed by atoms with Crippen LogP contribution in [-0.4, -0.2) is 12.1 Å². The van der Waals surface area contributed by atoms with E-state index in [0.717, 1.165) is 10.0 Å². The van der Waals surface area contributed by atoms with Crippen molar-refractivity contribution in [3.8, 4) is 5.75 Å². The predicted molar refractivity (Wildman–Crippen MR) is 85.5 cm³/mol. The van der Waals surface area contributed by atoms with Crippen LogP contribution in [0.2, 0.25) is 5.02 Å². The molecule has 0 aliphatic rings. The van der Waals surface area contributed by atoms with Gasteiger partial charge >= 0.3 is 5.97 Å². The van der Waals surface area contributed by atoms with Crippen molar-refractivity contribution in [3.05, 3.63) is 63.6 Å². The van der Waals surface area contributed by atoms with Crippen molar-refractivity contribution >= 4 is 33.5 Å². The normalized spacial score (nSPS) is 11.8. The first-order valence-electron chi connectivity index (χ1n) is 6.38. The quantitative estimate of drug-likeness (QED) is 0.722. The number of carbonyl (C=O) groups excluding carboxylic acids is 1. The van der Waals surface area contributed by atoms with Gasteiger partial charge in [0.15, 0.2) is 6.10 Å². The van der Waals surface area contributed by atoms with Gasteiger partial charge < -0.3 is 9.47 Å². The zero-order chi connectivity index (χ0) is 15.2. The highest BCUT2D eigenvalue weighted by Crippen LogP contribution is 2.17. The minimum atomic E-state index is -0.679. The van der Waals surface area contributed by atoms with E-state index >= 15 is 0 Å². The molecule has 1 atom stereocenters. The number of hydrogen-bond acceptors (Lipinski definition) is 3. The largest absolute Gasteiger partial charge is 0.479 e. The minimum absolute atomic E-state index is 0.223. The maximum absolute atomic E-state index is 11.9. The van der Waals surface area contributed by atoms with Crippen LogP contribution in [0.5, 0.6) is 5.75 Å². The highest BCUT2D eigenvalue weighted by atomic mass is 79.9. The monoisotopic (exact) mass is 368 g/mol. The van der Waals surface area contributed by atoms with Crippen LogP contribution in [-0.2, 0) is 16.1 Å². The molecule has 0 unspecified atom stereocenters. The second kappa shape index (κ2) is 7.48. The lowest BCUT2D eigenvalue weighted by molar-refractivity contribution is -0.152. The molecule has 0 heterocycles. The van der Waals surface area contributed by atoms with Gasteiger partial charge in [0.05, 0.1) is 0 Å². The average molecular weight is 370 g/mol. The molecule has 0 aliphatic carbocycles. The van der Waals surface area contributed by atoms with Gasteiger partial charge in [-0.1, -0.05) is 39.7 Å². The number of carbonyl (C=O) groups is 1. The first-order chi connectivity index (χ1) is 10.0. The molecule has 21 heavy (non-hydrogen) atoms. The Hall–Kier alpha value is -1.52. The molecule has 0 amide bonds. The molecule has 2 aromatic rings. The van der Waals surface area contributed by atoms with Crippen LogP contribution in [0, 0.1) is 0 Å². The van der Waals surface area contributed by atoms with Gasteiger partial charge in [-0.05, 0) is 48.9 Å². The molecule has 0 saturated heterocycles. The van der Waals surface area contributed by atoms with Crippen molar-refractivity contribution < 1.29 is 14.3 Å². The second-order valence-electron chi connectivity index (χ2n) is 4.45. The maximum atomic E-state index is 11.9. The molecule has 0 saturated carbocycles. The Bertz CT molecular complexity index is 596. The van der Waals surface area contributed by atoms with Crippen molar-refractivity contribution in [1.29, 1.82) is 0 Å². The molecule has 0 aliphatic heterocycles. The molecule has 0 radical (unpaired) electrons. The summed E-state index contributed by atoms with van der Waals surface area (Å²) in [6.07, 6.45) is -0.679. The first kappa shape index (κ1) is 15.9. The third-order valence-electron chi connectivity index (χ3n) is 2.75. The van der Waals surface area contributed by atoms with Gasteiger partial charge in [0.25, 0.3) is 0 Å². The third kappa shape index (κ3) is 5.06. The number of rotatable bonds is 5. The van der Waals surface area contributed by atoms with E-state index in [0.29, 0.717) is 10.8 Å². The summed E-state index contributed by atoms with van der Waals surface area (Å²) in [5, 5.41) is 0.618. The van der Waals surface area contributed by atoms with Crippen LogP contribution >= 0.6 is 27.5 Å². The molecular formula is C16H14BrClO3. The topological polar surface area (TPSA) is 35.5 Å². The Morgan fingerprint density at radius 3 is 2.38 bits per heavy atom. The molecule has 3 nitrogen and oxygen atoms in total. The summed E-state index contributed by atoms with van der Waals surface area (Å²) in [6.45, 7) is 1.87. The molecular weight excluding hydrogens is 356 g/mol. The SMILES string of the molecule is C[C@H](Oc1ccc(Cl)cc1)C(=O)OCc1ccc(Br)cc1. The number of benzene rings is 2. The summed E-state index contributed by atoms with van der Waals surface area (Å²) in [7, 11) is 0. The summed E-state index contributed by atoms with van der Waals surface area (Å²) in [5.74, 6) is 0.167. The van der Waals surface area contributed by atoms with Gasteiger partial charge in [0.2, 0.25) is 0 Å². The Morgan fingerprint density at radius 2 is 1.76 bits per heavy atom. The minimum Gasteiger partial charge on any atom is -0.479 e. The molecule has 0 fully saturated rings. The summed E-state index contributed by atoms with van der Waals surface area (Å²) < 4.78 is 11.7. The lowest BCUT2D eigenvalue weighted by Crippen LogP contribution is -2.26. The predicted octanol–water partition coefficient (Wildman–Crippen LogP) is 4.61. The highest BCUT2D eigenvalue weighted by Gasteiger charge is 2.16. The number of hydrogen-bond donors (Lipinski definition) is 0. The Morgan fingerprint density at radius 1 is 1.14 bits per heavy atom. The van der Waals surface area contributed by atoms with Crippen molar-refractivity contribution in [3.63, 3.8) is 0 Å².